The third-order valence-electron chi connectivity index (χ3n) is 4.07. The number of nitrogens with one attached hydrogen (secondary N) is 1. The first-order valence-corrected chi connectivity index (χ1v) is 9.30. The van der Waals surface area contributed by atoms with Gasteiger partial charge in [0, 0.05) is 18.2 Å². The molecule has 0 saturated heterocycles. The Bertz CT molecular complexity index is 942. The molecule has 4 nitrogen and oxygen atoms in total. The van der Waals surface area contributed by atoms with Crippen LogP contribution in [0.4, 0.5) is 8.78 Å². The summed E-state index contributed by atoms with van der Waals surface area (Å²) in [6, 6.07) is 10.6. The van der Waals surface area contributed by atoms with Crippen molar-refractivity contribution in [1.29, 1.82) is 0 Å². The number of halogens is 2. The molecule has 136 valence electrons. The van der Waals surface area contributed by atoms with Crippen molar-refractivity contribution in [3.05, 3.63) is 59.7 Å². The summed E-state index contributed by atoms with van der Waals surface area (Å²) in [5.74, 6) is -1.38. The van der Waals surface area contributed by atoms with Gasteiger partial charge in [-0.2, -0.15) is 0 Å². The zero-order chi connectivity index (χ0) is 18.7. The number of rotatable bonds is 6. The summed E-state index contributed by atoms with van der Waals surface area (Å²) < 4.78 is 28.9. The van der Waals surface area contributed by atoms with Gasteiger partial charge in [0.05, 0.1) is 22.8 Å². The highest BCUT2D eigenvalue weighted by Gasteiger charge is 2.16. The summed E-state index contributed by atoms with van der Waals surface area (Å²) in [6.07, 6.45) is 0. The lowest BCUT2D eigenvalue weighted by atomic mass is 10.1. The Labute approximate surface area is 154 Å². The summed E-state index contributed by atoms with van der Waals surface area (Å²) in [5.41, 5.74) is 2.17. The van der Waals surface area contributed by atoms with E-state index in [1.807, 2.05) is 31.2 Å². The van der Waals surface area contributed by atoms with Crippen LogP contribution in [0.3, 0.4) is 0 Å². The Morgan fingerprint density at radius 1 is 1.27 bits per heavy atom. The van der Waals surface area contributed by atoms with Crippen LogP contribution in [0.25, 0.3) is 11.0 Å². The normalized spacial score (nSPS) is 12.3. The maximum Gasteiger partial charge on any atom is 0.230 e. The SMILES string of the molecule is CCn1c(SCC(=O)N[C@@H](C)c2ccc(F)cc2F)nc2ccccc21. The third-order valence-corrected chi connectivity index (χ3v) is 5.05. The number of aromatic nitrogens is 2. The van der Waals surface area contributed by atoms with Crippen molar-refractivity contribution >= 4 is 28.7 Å². The first-order valence-electron chi connectivity index (χ1n) is 8.32. The van der Waals surface area contributed by atoms with Gasteiger partial charge in [0.2, 0.25) is 5.91 Å². The molecule has 0 spiro atoms. The molecule has 1 aromatic heterocycles. The molecule has 0 unspecified atom stereocenters. The fourth-order valence-corrected chi connectivity index (χ4v) is 3.70. The Morgan fingerprint density at radius 3 is 2.77 bits per heavy atom. The molecular weight excluding hydrogens is 356 g/mol. The molecule has 7 heteroatoms. The van der Waals surface area contributed by atoms with E-state index in [2.05, 4.69) is 14.9 Å². The van der Waals surface area contributed by atoms with E-state index in [9.17, 15) is 13.6 Å². The molecule has 0 radical (unpaired) electrons. The lowest BCUT2D eigenvalue weighted by molar-refractivity contribution is -0.119. The Kier molecular flexibility index (Phi) is 5.56. The molecule has 2 aromatic carbocycles. The van der Waals surface area contributed by atoms with Gasteiger partial charge in [-0.3, -0.25) is 4.79 Å². The lowest BCUT2D eigenvalue weighted by Gasteiger charge is -2.15. The van der Waals surface area contributed by atoms with E-state index in [0.717, 1.165) is 28.8 Å². The standard InChI is InChI=1S/C19H19F2N3OS/c1-3-24-17-7-5-4-6-16(17)23-19(24)26-11-18(25)22-12(2)14-9-8-13(20)10-15(14)21/h4-10,12H,3,11H2,1-2H3,(H,22,25)/t12-/m0/s1. The first kappa shape index (κ1) is 18.4. The number of carbonyl (C=O) groups excluding carboxylic acids is 1. The van der Waals surface area contributed by atoms with Crippen LogP contribution < -0.4 is 5.32 Å². The summed E-state index contributed by atoms with van der Waals surface area (Å²) in [6.45, 7) is 4.44. The van der Waals surface area contributed by atoms with E-state index >= 15 is 0 Å². The highest BCUT2D eigenvalue weighted by Crippen LogP contribution is 2.24. The molecule has 0 aliphatic carbocycles. The van der Waals surface area contributed by atoms with Crippen molar-refractivity contribution in [3.63, 3.8) is 0 Å². The van der Waals surface area contributed by atoms with Crippen LogP contribution in [0.15, 0.2) is 47.6 Å². The second-order valence-corrected chi connectivity index (χ2v) is 6.81. The summed E-state index contributed by atoms with van der Waals surface area (Å²) >= 11 is 1.34. The van der Waals surface area contributed by atoms with E-state index < -0.39 is 17.7 Å². The molecule has 1 amide bonds. The second kappa shape index (κ2) is 7.86. The molecule has 26 heavy (non-hydrogen) atoms. The molecule has 1 N–H and O–H groups in total. The third kappa shape index (κ3) is 3.88. The van der Waals surface area contributed by atoms with Crippen molar-refractivity contribution < 1.29 is 13.6 Å². The number of carbonyl (C=O) groups is 1. The van der Waals surface area contributed by atoms with Crippen molar-refractivity contribution in [2.45, 2.75) is 31.6 Å². The summed E-state index contributed by atoms with van der Waals surface area (Å²) in [5, 5.41) is 3.51. The monoisotopic (exact) mass is 375 g/mol. The Balaban J connectivity index is 1.65. The summed E-state index contributed by atoms with van der Waals surface area (Å²) in [4.78, 5) is 16.8. The van der Waals surface area contributed by atoms with Gasteiger partial charge in [-0.1, -0.05) is 30.0 Å². The summed E-state index contributed by atoms with van der Waals surface area (Å²) in [7, 11) is 0. The average Bonchev–Trinajstić information content (AvgIpc) is 2.97. The molecule has 3 rings (SSSR count). The minimum absolute atomic E-state index is 0.163. The number of nitrogens with zero attached hydrogens (tertiary/aromatic N) is 2. The quantitative estimate of drug-likeness (QED) is 0.654. The topological polar surface area (TPSA) is 46.9 Å². The predicted octanol–water partition coefficient (Wildman–Crippen LogP) is 4.30. The molecular formula is C19H19F2N3OS. The van der Waals surface area contributed by atoms with Gasteiger partial charge in [-0.05, 0) is 32.0 Å². The van der Waals surface area contributed by atoms with Crippen molar-refractivity contribution in [3.8, 4) is 0 Å². The van der Waals surface area contributed by atoms with Gasteiger partial charge in [0.25, 0.3) is 0 Å². The van der Waals surface area contributed by atoms with Crippen molar-refractivity contribution in [2.75, 3.05) is 5.75 Å². The number of thioether (sulfide) groups is 1. The van der Waals surface area contributed by atoms with Gasteiger partial charge in [0.1, 0.15) is 11.6 Å². The Hall–Kier alpha value is -2.41. The van der Waals surface area contributed by atoms with Crippen LogP contribution in [0.1, 0.15) is 25.5 Å². The van der Waals surface area contributed by atoms with E-state index in [4.69, 9.17) is 0 Å². The molecule has 0 fully saturated rings. The van der Waals surface area contributed by atoms with Gasteiger partial charge >= 0.3 is 0 Å². The molecule has 0 bridgehead atoms. The number of amides is 1. The van der Waals surface area contributed by atoms with E-state index in [1.54, 1.807) is 6.92 Å². The van der Waals surface area contributed by atoms with Gasteiger partial charge < -0.3 is 9.88 Å². The molecule has 0 saturated carbocycles. The Morgan fingerprint density at radius 2 is 2.04 bits per heavy atom. The number of hydrogen-bond acceptors (Lipinski definition) is 3. The largest absolute Gasteiger partial charge is 0.349 e. The average molecular weight is 375 g/mol. The van der Waals surface area contributed by atoms with Crippen molar-refractivity contribution in [2.24, 2.45) is 0 Å². The smallest absolute Gasteiger partial charge is 0.230 e. The lowest BCUT2D eigenvalue weighted by Crippen LogP contribution is -2.28. The fourth-order valence-electron chi connectivity index (χ4n) is 2.81. The van der Waals surface area contributed by atoms with E-state index in [1.165, 1.54) is 23.9 Å². The van der Waals surface area contributed by atoms with Crippen LogP contribution >= 0.6 is 11.8 Å². The minimum Gasteiger partial charge on any atom is -0.349 e. The van der Waals surface area contributed by atoms with Crippen LogP contribution in [0.5, 0.6) is 0 Å². The molecule has 3 aromatic rings. The maximum atomic E-state index is 13.8. The number of fused-ring (bicyclic) bond motifs is 1. The van der Waals surface area contributed by atoms with Crippen LogP contribution in [0.2, 0.25) is 0 Å². The number of imidazole rings is 1. The maximum absolute atomic E-state index is 13.8. The second-order valence-electron chi connectivity index (χ2n) is 5.87. The predicted molar refractivity (Wildman–Crippen MR) is 99.0 cm³/mol. The first-order chi connectivity index (χ1) is 12.5. The zero-order valence-electron chi connectivity index (χ0n) is 14.5. The minimum atomic E-state index is -0.668. The molecule has 1 heterocycles. The number of hydrogen-bond donors (Lipinski definition) is 1. The number of aryl methyl sites for hydroxylation is 1. The fraction of sp³-hybridized carbons (Fsp3) is 0.263. The molecule has 1 atom stereocenters. The van der Waals surface area contributed by atoms with Gasteiger partial charge in [-0.15, -0.1) is 0 Å². The number of para-hydroxylation sites is 2. The van der Waals surface area contributed by atoms with Gasteiger partial charge in [-0.25, -0.2) is 13.8 Å². The molecule has 0 aliphatic rings. The van der Waals surface area contributed by atoms with Crippen LogP contribution in [0, 0.1) is 11.6 Å². The highest BCUT2D eigenvalue weighted by atomic mass is 32.2. The van der Waals surface area contributed by atoms with Gasteiger partial charge in [0.15, 0.2) is 5.16 Å². The van der Waals surface area contributed by atoms with Crippen LogP contribution in [-0.2, 0) is 11.3 Å². The van der Waals surface area contributed by atoms with E-state index in [0.29, 0.717) is 0 Å². The van der Waals surface area contributed by atoms with Crippen LogP contribution in [-0.4, -0.2) is 21.2 Å². The highest BCUT2D eigenvalue weighted by molar-refractivity contribution is 7.99. The number of benzene rings is 2. The van der Waals surface area contributed by atoms with E-state index in [-0.39, 0.29) is 17.2 Å². The zero-order valence-corrected chi connectivity index (χ0v) is 15.3. The molecule has 0 aliphatic heterocycles. The van der Waals surface area contributed by atoms with Crippen molar-refractivity contribution in [1.82, 2.24) is 14.9 Å².